The minimum atomic E-state index is -0.451. The van der Waals surface area contributed by atoms with Crippen molar-refractivity contribution in [3.05, 3.63) is 18.2 Å². The zero-order chi connectivity index (χ0) is 19.2. The maximum atomic E-state index is 12.1. The standard InChI is InChI=1S/C19H31N3O4/c1-19(2,3)26-18(23)22-11-9-21(10-12-22)8-5-13-25-17-14-15(20)6-7-16(17)24-4/h6-7,14H,5,8-13,20H2,1-4H3. The molecule has 7 nitrogen and oxygen atoms in total. The number of nitrogens with two attached hydrogens (primary N) is 1. The average molecular weight is 365 g/mol. The summed E-state index contributed by atoms with van der Waals surface area (Å²) in [7, 11) is 1.61. The van der Waals surface area contributed by atoms with Crippen molar-refractivity contribution in [2.24, 2.45) is 0 Å². The molecule has 1 aromatic rings. The van der Waals surface area contributed by atoms with Crippen molar-refractivity contribution < 1.29 is 19.0 Å². The van der Waals surface area contributed by atoms with Gasteiger partial charge in [-0.25, -0.2) is 4.79 Å². The van der Waals surface area contributed by atoms with Crippen LogP contribution in [0.15, 0.2) is 18.2 Å². The van der Waals surface area contributed by atoms with Crippen LogP contribution in [-0.2, 0) is 4.74 Å². The molecule has 146 valence electrons. The lowest BCUT2D eigenvalue weighted by atomic mass is 10.2. The van der Waals surface area contributed by atoms with Gasteiger partial charge in [-0.05, 0) is 39.3 Å². The number of piperazine rings is 1. The summed E-state index contributed by atoms with van der Waals surface area (Å²) < 4.78 is 16.5. The second-order valence-electron chi connectivity index (χ2n) is 7.42. The van der Waals surface area contributed by atoms with Gasteiger partial charge in [-0.3, -0.25) is 4.90 Å². The van der Waals surface area contributed by atoms with E-state index in [9.17, 15) is 4.79 Å². The highest BCUT2D eigenvalue weighted by molar-refractivity contribution is 5.68. The van der Waals surface area contributed by atoms with Crippen LogP contribution in [-0.4, -0.2) is 67.9 Å². The number of hydrogen-bond donors (Lipinski definition) is 1. The number of benzene rings is 1. The highest BCUT2D eigenvalue weighted by atomic mass is 16.6. The van der Waals surface area contributed by atoms with E-state index in [0.29, 0.717) is 36.9 Å². The summed E-state index contributed by atoms with van der Waals surface area (Å²) in [5.74, 6) is 1.35. The van der Waals surface area contributed by atoms with E-state index in [1.165, 1.54) is 0 Å². The Balaban J connectivity index is 1.68. The summed E-state index contributed by atoms with van der Waals surface area (Å²) in [5, 5.41) is 0. The Kier molecular flexibility index (Phi) is 6.97. The van der Waals surface area contributed by atoms with E-state index in [1.807, 2.05) is 20.8 Å². The fraction of sp³-hybridized carbons (Fsp3) is 0.632. The number of carbonyl (C=O) groups excluding carboxylic acids is 1. The average Bonchev–Trinajstić information content (AvgIpc) is 2.58. The van der Waals surface area contributed by atoms with E-state index in [2.05, 4.69) is 4.90 Å². The van der Waals surface area contributed by atoms with Crippen LogP contribution in [0.1, 0.15) is 27.2 Å². The third kappa shape index (κ3) is 6.29. The van der Waals surface area contributed by atoms with Gasteiger partial charge in [0.25, 0.3) is 0 Å². The maximum absolute atomic E-state index is 12.1. The number of carbonyl (C=O) groups is 1. The first-order chi connectivity index (χ1) is 12.3. The SMILES string of the molecule is COc1ccc(N)cc1OCCCN1CCN(C(=O)OC(C)(C)C)CC1. The number of hydrogen-bond acceptors (Lipinski definition) is 6. The molecule has 1 amide bonds. The fourth-order valence-corrected chi connectivity index (χ4v) is 2.76. The second kappa shape index (κ2) is 8.98. The highest BCUT2D eigenvalue weighted by Gasteiger charge is 2.25. The van der Waals surface area contributed by atoms with Crippen molar-refractivity contribution in [2.45, 2.75) is 32.8 Å². The molecule has 1 aliphatic rings. The van der Waals surface area contributed by atoms with Crippen molar-refractivity contribution >= 4 is 11.8 Å². The molecule has 0 spiro atoms. The lowest BCUT2D eigenvalue weighted by Gasteiger charge is -2.35. The Morgan fingerprint density at radius 2 is 1.85 bits per heavy atom. The number of ether oxygens (including phenoxy) is 3. The normalized spacial score (nSPS) is 15.6. The molecule has 0 radical (unpaired) electrons. The van der Waals surface area contributed by atoms with Crippen LogP contribution in [0.3, 0.4) is 0 Å². The molecular weight excluding hydrogens is 334 g/mol. The highest BCUT2D eigenvalue weighted by Crippen LogP contribution is 2.29. The van der Waals surface area contributed by atoms with Gasteiger partial charge in [-0.15, -0.1) is 0 Å². The molecule has 1 fully saturated rings. The summed E-state index contributed by atoms with van der Waals surface area (Å²) in [6.45, 7) is 10.3. The van der Waals surface area contributed by atoms with Gasteiger partial charge in [0.2, 0.25) is 0 Å². The maximum Gasteiger partial charge on any atom is 0.410 e. The van der Waals surface area contributed by atoms with Crippen LogP contribution in [0.25, 0.3) is 0 Å². The zero-order valence-corrected chi connectivity index (χ0v) is 16.3. The Morgan fingerprint density at radius 1 is 1.15 bits per heavy atom. The molecule has 0 bridgehead atoms. The minimum Gasteiger partial charge on any atom is -0.493 e. The van der Waals surface area contributed by atoms with Gasteiger partial charge in [-0.2, -0.15) is 0 Å². The molecule has 0 aromatic heterocycles. The molecule has 26 heavy (non-hydrogen) atoms. The van der Waals surface area contributed by atoms with Gasteiger partial charge in [0, 0.05) is 44.5 Å². The van der Waals surface area contributed by atoms with Gasteiger partial charge >= 0.3 is 6.09 Å². The molecule has 2 rings (SSSR count). The molecule has 0 unspecified atom stereocenters. The van der Waals surface area contributed by atoms with Gasteiger partial charge < -0.3 is 24.8 Å². The molecule has 1 aromatic carbocycles. The van der Waals surface area contributed by atoms with Gasteiger partial charge in [0.05, 0.1) is 13.7 Å². The van der Waals surface area contributed by atoms with Gasteiger partial charge in [0.1, 0.15) is 5.60 Å². The van der Waals surface area contributed by atoms with Crippen LogP contribution in [0.2, 0.25) is 0 Å². The Hall–Kier alpha value is -2.15. The molecule has 0 saturated carbocycles. The molecule has 1 heterocycles. The van der Waals surface area contributed by atoms with Gasteiger partial charge in [-0.1, -0.05) is 0 Å². The molecule has 2 N–H and O–H groups in total. The number of rotatable bonds is 6. The number of anilines is 1. The van der Waals surface area contributed by atoms with E-state index in [1.54, 1.807) is 30.2 Å². The third-order valence-corrected chi connectivity index (χ3v) is 4.09. The molecule has 0 atom stereocenters. The first-order valence-electron chi connectivity index (χ1n) is 9.05. The summed E-state index contributed by atoms with van der Waals surface area (Å²) >= 11 is 0. The van der Waals surface area contributed by atoms with Crippen molar-refractivity contribution in [1.82, 2.24) is 9.80 Å². The van der Waals surface area contributed by atoms with Crippen LogP contribution in [0, 0.1) is 0 Å². The second-order valence-corrected chi connectivity index (χ2v) is 7.42. The van der Waals surface area contributed by atoms with Crippen molar-refractivity contribution in [2.75, 3.05) is 52.2 Å². The lowest BCUT2D eigenvalue weighted by molar-refractivity contribution is 0.0142. The van der Waals surface area contributed by atoms with E-state index in [-0.39, 0.29) is 6.09 Å². The van der Waals surface area contributed by atoms with Crippen LogP contribution < -0.4 is 15.2 Å². The van der Waals surface area contributed by atoms with E-state index >= 15 is 0 Å². The zero-order valence-electron chi connectivity index (χ0n) is 16.3. The molecule has 0 aliphatic carbocycles. The molecule has 7 heteroatoms. The van der Waals surface area contributed by atoms with Crippen molar-refractivity contribution in [3.63, 3.8) is 0 Å². The van der Waals surface area contributed by atoms with E-state index in [0.717, 1.165) is 26.1 Å². The first kappa shape index (κ1) is 20.2. The fourth-order valence-electron chi connectivity index (χ4n) is 2.76. The Labute approximate surface area is 156 Å². The van der Waals surface area contributed by atoms with Crippen LogP contribution in [0.4, 0.5) is 10.5 Å². The van der Waals surface area contributed by atoms with Crippen molar-refractivity contribution in [1.29, 1.82) is 0 Å². The Morgan fingerprint density at radius 3 is 2.46 bits per heavy atom. The smallest absolute Gasteiger partial charge is 0.410 e. The van der Waals surface area contributed by atoms with E-state index in [4.69, 9.17) is 19.9 Å². The number of methoxy groups -OCH3 is 1. The number of nitrogens with zero attached hydrogens (tertiary/aromatic N) is 2. The van der Waals surface area contributed by atoms with Crippen molar-refractivity contribution in [3.8, 4) is 11.5 Å². The first-order valence-corrected chi connectivity index (χ1v) is 9.05. The topological polar surface area (TPSA) is 77.3 Å². The number of amides is 1. The van der Waals surface area contributed by atoms with Crippen LogP contribution in [0.5, 0.6) is 11.5 Å². The third-order valence-electron chi connectivity index (χ3n) is 4.09. The number of nitrogen functional groups attached to an aromatic ring is 1. The van der Waals surface area contributed by atoms with Gasteiger partial charge in [0.15, 0.2) is 11.5 Å². The molecule has 1 aliphatic heterocycles. The molecular formula is C19H31N3O4. The van der Waals surface area contributed by atoms with Crippen LogP contribution >= 0.6 is 0 Å². The summed E-state index contributed by atoms with van der Waals surface area (Å²) in [4.78, 5) is 16.2. The monoisotopic (exact) mass is 365 g/mol. The summed E-state index contributed by atoms with van der Waals surface area (Å²) in [5.41, 5.74) is 5.99. The lowest BCUT2D eigenvalue weighted by Crippen LogP contribution is -2.50. The summed E-state index contributed by atoms with van der Waals surface area (Å²) in [6, 6.07) is 5.37. The quantitative estimate of drug-likeness (QED) is 0.617. The minimum absolute atomic E-state index is 0.228. The largest absolute Gasteiger partial charge is 0.493 e. The predicted molar refractivity (Wildman–Crippen MR) is 102 cm³/mol. The van der Waals surface area contributed by atoms with E-state index < -0.39 is 5.60 Å². The molecule has 1 saturated heterocycles. The Bertz CT molecular complexity index is 593. The predicted octanol–water partition coefficient (Wildman–Crippen LogP) is 2.60. The summed E-state index contributed by atoms with van der Waals surface area (Å²) in [6.07, 6.45) is 0.666.